The lowest BCUT2D eigenvalue weighted by molar-refractivity contribution is -0.236. The Labute approximate surface area is 173 Å². The van der Waals surface area contributed by atoms with Gasteiger partial charge in [0.2, 0.25) is 0 Å². The summed E-state index contributed by atoms with van der Waals surface area (Å²) in [5, 5.41) is 0. The Bertz CT molecular complexity index is 391. The Hall–Kier alpha value is -0.160. The van der Waals surface area contributed by atoms with E-state index in [1.165, 1.54) is 64.2 Å². The smallest absolute Gasteiger partial charge is 0.160 e. The zero-order chi connectivity index (χ0) is 19.6. The van der Waals surface area contributed by atoms with Crippen molar-refractivity contribution in [3.05, 3.63) is 0 Å². The molecule has 2 saturated heterocycles. The molecule has 0 unspecified atom stereocenters. The minimum atomic E-state index is -0.0196. The molecule has 0 aromatic carbocycles. The van der Waals surface area contributed by atoms with Gasteiger partial charge in [-0.3, -0.25) is 0 Å². The standard InChI is InChI=1S/C24H44O4/c1-3-5-6-8-19-9-12-22(13-10-19)24-27-17-21(18-28-24)11-14-23-25-15-20(7-4-2)16-26-23/h19-24H,3-18H2,1-2H3/t19-,20-,21-,22-,23-,24-. The molecular formula is C24H44O4. The van der Waals surface area contributed by atoms with Crippen LogP contribution in [0, 0.1) is 23.7 Å². The summed E-state index contributed by atoms with van der Waals surface area (Å²) < 4.78 is 24.1. The summed E-state index contributed by atoms with van der Waals surface area (Å²) in [7, 11) is 0. The van der Waals surface area contributed by atoms with Crippen molar-refractivity contribution in [2.75, 3.05) is 26.4 Å². The first-order valence-electron chi connectivity index (χ1n) is 12.2. The minimum absolute atomic E-state index is 0.0196. The molecule has 4 nitrogen and oxygen atoms in total. The first-order chi connectivity index (χ1) is 13.8. The van der Waals surface area contributed by atoms with E-state index in [0.717, 1.165) is 45.2 Å². The van der Waals surface area contributed by atoms with E-state index in [-0.39, 0.29) is 12.6 Å². The average Bonchev–Trinajstić information content (AvgIpc) is 2.75. The molecule has 0 atom stereocenters. The second kappa shape index (κ2) is 12.5. The molecule has 2 aliphatic heterocycles. The molecule has 0 spiro atoms. The van der Waals surface area contributed by atoms with Crippen LogP contribution in [-0.4, -0.2) is 39.0 Å². The van der Waals surface area contributed by atoms with Crippen LogP contribution in [-0.2, 0) is 18.9 Å². The highest BCUT2D eigenvalue weighted by molar-refractivity contribution is 4.77. The lowest BCUT2D eigenvalue weighted by atomic mass is 9.79. The normalized spacial score (nSPS) is 37.1. The average molecular weight is 397 g/mol. The third kappa shape index (κ3) is 7.27. The van der Waals surface area contributed by atoms with Crippen LogP contribution >= 0.6 is 0 Å². The molecule has 0 N–H and O–H groups in total. The zero-order valence-electron chi connectivity index (χ0n) is 18.4. The summed E-state index contributed by atoms with van der Waals surface area (Å²) in [6, 6.07) is 0. The Morgan fingerprint density at radius 1 is 0.571 bits per heavy atom. The van der Waals surface area contributed by atoms with Crippen molar-refractivity contribution in [1.29, 1.82) is 0 Å². The van der Waals surface area contributed by atoms with Gasteiger partial charge < -0.3 is 18.9 Å². The molecule has 0 bridgehead atoms. The van der Waals surface area contributed by atoms with Crippen molar-refractivity contribution in [3.63, 3.8) is 0 Å². The highest BCUT2D eigenvalue weighted by atomic mass is 16.7. The third-order valence-corrected chi connectivity index (χ3v) is 7.03. The molecule has 28 heavy (non-hydrogen) atoms. The molecule has 2 heterocycles. The quantitative estimate of drug-likeness (QED) is 0.429. The van der Waals surface area contributed by atoms with E-state index in [1.807, 2.05) is 0 Å². The Balaban J connectivity index is 1.25. The van der Waals surface area contributed by atoms with Gasteiger partial charge in [-0.2, -0.15) is 0 Å². The second-order valence-corrected chi connectivity index (χ2v) is 9.51. The van der Waals surface area contributed by atoms with Crippen LogP contribution in [0.15, 0.2) is 0 Å². The summed E-state index contributed by atoms with van der Waals surface area (Å²) in [5.41, 5.74) is 0. The molecule has 1 aliphatic carbocycles. The fraction of sp³-hybridized carbons (Fsp3) is 1.00. The number of ether oxygens (including phenoxy) is 4. The van der Waals surface area contributed by atoms with E-state index >= 15 is 0 Å². The van der Waals surface area contributed by atoms with Crippen molar-refractivity contribution in [3.8, 4) is 0 Å². The van der Waals surface area contributed by atoms with Crippen LogP contribution in [0.2, 0.25) is 0 Å². The summed E-state index contributed by atoms with van der Waals surface area (Å²) in [5.74, 6) is 2.64. The van der Waals surface area contributed by atoms with Crippen LogP contribution in [0.25, 0.3) is 0 Å². The highest BCUT2D eigenvalue weighted by Crippen LogP contribution is 2.36. The predicted molar refractivity (Wildman–Crippen MR) is 112 cm³/mol. The van der Waals surface area contributed by atoms with Crippen LogP contribution < -0.4 is 0 Å². The first-order valence-corrected chi connectivity index (χ1v) is 12.2. The van der Waals surface area contributed by atoms with Gasteiger partial charge in [0.05, 0.1) is 26.4 Å². The summed E-state index contributed by atoms with van der Waals surface area (Å²) in [4.78, 5) is 0. The van der Waals surface area contributed by atoms with Crippen molar-refractivity contribution in [2.45, 2.75) is 103 Å². The summed E-state index contributed by atoms with van der Waals surface area (Å²) >= 11 is 0. The molecule has 0 aromatic heterocycles. The predicted octanol–water partition coefficient (Wildman–Crippen LogP) is 5.93. The van der Waals surface area contributed by atoms with Crippen molar-refractivity contribution < 1.29 is 18.9 Å². The lowest BCUT2D eigenvalue weighted by Gasteiger charge is -2.38. The first kappa shape index (κ1) is 22.5. The van der Waals surface area contributed by atoms with Gasteiger partial charge in [0.1, 0.15) is 0 Å². The van der Waals surface area contributed by atoms with Gasteiger partial charge in [-0.15, -0.1) is 0 Å². The largest absolute Gasteiger partial charge is 0.352 e. The molecule has 0 radical (unpaired) electrons. The molecular weight excluding hydrogens is 352 g/mol. The maximum atomic E-state index is 6.15. The Morgan fingerprint density at radius 3 is 1.86 bits per heavy atom. The number of rotatable bonds is 10. The molecule has 4 heteroatoms. The van der Waals surface area contributed by atoms with Gasteiger partial charge in [-0.25, -0.2) is 0 Å². The summed E-state index contributed by atoms with van der Waals surface area (Å²) in [6.07, 6.45) is 15.4. The maximum absolute atomic E-state index is 6.15. The van der Waals surface area contributed by atoms with E-state index in [9.17, 15) is 0 Å². The van der Waals surface area contributed by atoms with Gasteiger partial charge in [-0.1, -0.05) is 46.0 Å². The van der Waals surface area contributed by atoms with E-state index in [2.05, 4.69) is 13.8 Å². The minimum Gasteiger partial charge on any atom is -0.352 e. The molecule has 0 aromatic rings. The van der Waals surface area contributed by atoms with E-state index in [1.54, 1.807) is 0 Å². The monoisotopic (exact) mass is 396 g/mol. The Kier molecular flexibility index (Phi) is 10.1. The van der Waals surface area contributed by atoms with Gasteiger partial charge in [0.15, 0.2) is 12.6 Å². The molecule has 0 amide bonds. The fourth-order valence-corrected chi connectivity index (χ4v) is 5.13. The zero-order valence-corrected chi connectivity index (χ0v) is 18.4. The van der Waals surface area contributed by atoms with Crippen LogP contribution in [0.3, 0.4) is 0 Å². The van der Waals surface area contributed by atoms with Crippen molar-refractivity contribution >= 4 is 0 Å². The number of unbranched alkanes of at least 4 members (excludes halogenated alkanes) is 2. The lowest BCUT2D eigenvalue weighted by Crippen LogP contribution is -2.39. The summed E-state index contributed by atoms with van der Waals surface area (Å²) in [6.45, 7) is 7.92. The Morgan fingerprint density at radius 2 is 1.21 bits per heavy atom. The third-order valence-electron chi connectivity index (χ3n) is 7.03. The van der Waals surface area contributed by atoms with Gasteiger partial charge in [-0.05, 0) is 50.9 Å². The molecule has 1 saturated carbocycles. The molecule has 164 valence electrons. The van der Waals surface area contributed by atoms with Gasteiger partial charge in [0.25, 0.3) is 0 Å². The number of hydrogen-bond donors (Lipinski definition) is 0. The molecule has 3 rings (SSSR count). The number of hydrogen-bond acceptors (Lipinski definition) is 4. The van der Waals surface area contributed by atoms with E-state index in [4.69, 9.17) is 18.9 Å². The highest BCUT2D eigenvalue weighted by Gasteiger charge is 2.33. The van der Waals surface area contributed by atoms with Crippen molar-refractivity contribution in [1.82, 2.24) is 0 Å². The van der Waals surface area contributed by atoms with Gasteiger partial charge >= 0.3 is 0 Å². The fourth-order valence-electron chi connectivity index (χ4n) is 5.13. The molecule has 3 aliphatic rings. The molecule has 3 fully saturated rings. The van der Waals surface area contributed by atoms with E-state index < -0.39 is 0 Å². The topological polar surface area (TPSA) is 36.9 Å². The van der Waals surface area contributed by atoms with Crippen LogP contribution in [0.1, 0.15) is 90.9 Å². The van der Waals surface area contributed by atoms with Crippen molar-refractivity contribution in [2.24, 2.45) is 23.7 Å². The second-order valence-electron chi connectivity index (χ2n) is 9.51. The maximum Gasteiger partial charge on any atom is 0.160 e. The van der Waals surface area contributed by atoms with Gasteiger partial charge in [0, 0.05) is 17.8 Å². The SMILES string of the molecule is CCCCC[C@H]1CC[C@H]([C@H]2OC[C@H](CC[C@H]3OC[C@H](CCC)CO3)CO2)CC1. The van der Waals surface area contributed by atoms with Crippen LogP contribution in [0.5, 0.6) is 0 Å². The van der Waals surface area contributed by atoms with E-state index in [0.29, 0.717) is 17.8 Å². The van der Waals surface area contributed by atoms with Crippen LogP contribution in [0.4, 0.5) is 0 Å².